The predicted octanol–water partition coefficient (Wildman–Crippen LogP) is 0.772. The molecule has 2 rings (SSSR count). The Labute approximate surface area is 86.5 Å². The molecule has 0 aliphatic rings. The molecule has 0 amide bonds. The number of nitrogens with zero attached hydrogens (tertiary/aromatic N) is 3. The van der Waals surface area contributed by atoms with Crippen LogP contribution in [0.2, 0.25) is 0 Å². The first-order valence-electron chi connectivity index (χ1n) is 3.62. The Balaban J connectivity index is 2.93. The molecule has 14 heavy (non-hydrogen) atoms. The van der Waals surface area contributed by atoms with Crippen LogP contribution < -0.4 is 5.73 Å². The summed E-state index contributed by atoms with van der Waals surface area (Å²) in [5.41, 5.74) is 5.93. The van der Waals surface area contributed by atoms with Crippen LogP contribution in [0.15, 0.2) is 17.0 Å². The van der Waals surface area contributed by atoms with Crippen molar-refractivity contribution in [2.24, 2.45) is 0 Å². The average molecular weight is 257 g/mol. The molecule has 0 saturated heterocycles. The first-order valence-corrected chi connectivity index (χ1v) is 4.41. The number of hydrogen-bond donors (Lipinski definition) is 2. The third-order valence-electron chi connectivity index (χ3n) is 1.77. The van der Waals surface area contributed by atoms with Crippen molar-refractivity contribution in [3.8, 4) is 0 Å². The Morgan fingerprint density at radius 2 is 2.36 bits per heavy atom. The number of aromatic nitrogens is 3. The largest absolute Gasteiger partial charge is 0.478 e. The van der Waals surface area contributed by atoms with E-state index in [-0.39, 0.29) is 11.4 Å². The maximum atomic E-state index is 10.8. The van der Waals surface area contributed by atoms with E-state index in [1.165, 1.54) is 16.9 Å². The molecule has 0 aliphatic carbocycles. The summed E-state index contributed by atoms with van der Waals surface area (Å²) < 4.78 is 1.91. The fraction of sp³-hybridized carbons (Fsp3) is 0. The number of hydrogen-bond acceptors (Lipinski definition) is 4. The smallest absolute Gasteiger partial charge is 0.338 e. The highest BCUT2D eigenvalue weighted by atomic mass is 79.9. The Bertz CT molecular complexity index is 522. The van der Waals surface area contributed by atoms with Crippen molar-refractivity contribution in [3.05, 3.63) is 22.6 Å². The Morgan fingerprint density at radius 1 is 1.64 bits per heavy atom. The van der Waals surface area contributed by atoms with E-state index in [0.717, 1.165) is 0 Å². The maximum Gasteiger partial charge on any atom is 0.338 e. The Kier molecular flexibility index (Phi) is 1.88. The molecule has 0 aliphatic heterocycles. The van der Waals surface area contributed by atoms with Gasteiger partial charge in [0.1, 0.15) is 16.4 Å². The average Bonchev–Trinajstić information content (AvgIpc) is 2.46. The molecule has 7 heteroatoms. The van der Waals surface area contributed by atoms with Crippen LogP contribution in [0.4, 0.5) is 5.82 Å². The number of carbonyl (C=O) groups is 1. The van der Waals surface area contributed by atoms with Gasteiger partial charge in [0.05, 0.1) is 5.56 Å². The molecule has 0 aromatic carbocycles. The number of nitrogen functional groups attached to an aromatic ring is 1. The van der Waals surface area contributed by atoms with Crippen LogP contribution >= 0.6 is 15.9 Å². The van der Waals surface area contributed by atoms with E-state index in [9.17, 15) is 4.79 Å². The van der Waals surface area contributed by atoms with Crippen molar-refractivity contribution in [2.75, 3.05) is 5.73 Å². The van der Waals surface area contributed by atoms with Gasteiger partial charge in [0.2, 0.25) is 0 Å². The van der Waals surface area contributed by atoms with E-state index in [1.807, 2.05) is 0 Å². The van der Waals surface area contributed by atoms with Gasteiger partial charge in [0.15, 0.2) is 5.82 Å². The van der Waals surface area contributed by atoms with Crippen molar-refractivity contribution < 1.29 is 9.90 Å². The highest BCUT2D eigenvalue weighted by molar-refractivity contribution is 9.10. The number of nitrogens with two attached hydrogens (primary N) is 1. The second-order valence-electron chi connectivity index (χ2n) is 2.59. The van der Waals surface area contributed by atoms with E-state index in [0.29, 0.717) is 10.1 Å². The van der Waals surface area contributed by atoms with Gasteiger partial charge in [0.25, 0.3) is 0 Å². The zero-order valence-corrected chi connectivity index (χ0v) is 8.39. The summed E-state index contributed by atoms with van der Waals surface area (Å²) in [7, 11) is 0. The Hall–Kier alpha value is -1.63. The molecule has 0 atom stereocenters. The zero-order valence-electron chi connectivity index (χ0n) is 6.81. The predicted molar refractivity (Wildman–Crippen MR) is 52.1 cm³/mol. The minimum absolute atomic E-state index is 0.0787. The monoisotopic (exact) mass is 256 g/mol. The second-order valence-corrected chi connectivity index (χ2v) is 3.40. The Morgan fingerprint density at radius 3 is 3.00 bits per heavy atom. The van der Waals surface area contributed by atoms with Crippen molar-refractivity contribution in [2.45, 2.75) is 0 Å². The van der Waals surface area contributed by atoms with Crippen molar-refractivity contribution >= 4 is 33.2 Å². The maximum absolute atomic E-state index is 10.8. The molecular weight excluding hydrogens is 252 g/mol. The van der Waals surface area contributed by atoms with E-state index in [2.05, 4.69) is 26.0 Å². The van der Waals surface area contributed by atoms with E-state index in [1.54, 1.807) is 0 Å². The van der Waals surface area contributed by atoms with E-state index in [4.69, 9.17) is 10.8 Å². The fourth-order valence-corrected chi connectivity index (χ4v) is 1.69. The topological polar surface area (TPSA) is 93.5 Å². The lowest BCUT2D eigenvalue weighted by Gasteiger charge is -1.98. The lowest BCUT2D eigenvalue weighted by molar-refractivity contribution is 0.0699. The van der Waals surface area contributed by atoms with Gasteiger partial charge in [-0.2, -0.15) is 5.10 Å². The molecule has 2 aromatic rings. The quantitative estimate of drug-likeness (QED) is 0.786. The minimum atomic E-state index is -1.06. The number of anilines is 1. The van der Waals surface area contributed by atoms with E-state index < -0.39 is 5.97 Å². The van der Waals surface area contributed by atoms with Crippen molar-refractivity contribution in [3.63, 3.8) is 0 Å². The van der Waals surface area contributed by atoms with Gasteiger partial charge in [-0.15, -0.1) is 0 Å². The third-order valence-corrected chi connectivity index (χ3v) is 2.33. The van der Waals surface area contributed by atoms with Crippen LogP contribution in [0.25, 0.3) is 5.52 Å². The molecular formula is C7H5BrN4O2. The second kappa shape index (κ2) is 2.95. The first kappa shape index (κ1) is 8.95. The summed E-state index contributed by atoms with van der Waals surface area (Å²) >= 11 is 3.17. The van der Waals surface area contributed by atoms with Crippen LogP contribution in [0.1, 0.15) is 10.4 Å². The number of fused-ring (bicyclic) bond motifs is 1. The molecule has 0 fully saturated rings. The summed E-state index contributed by atoms with van der Waals surface area (Å²) in [6.45, 7) is 0. The molecule has 0 radical (unpaired) electrons. The normalized spacial score (nSPS) is 10.6. The van der Waals surface area contributed by atoms with Crippen LogP contribution in [-0.2, 0) is 0 Å². The number of halogens is 1. The van der Waals surface area contributed by atoms with E-state index >= 15 is 0 Å². The van der Waals surface area contributed by atoms with Crippen LogP contribution in [-0.4, -0.2) is 25.7 Å². The summed E-state index contributed by atoms with van der Waals surface area (Å²) in [5.74, 6) is -0.919. The first-order chi connectivity index (χ1) is 6.61. The molecule has 72 valence electrons. The highest BCUT2D eigenvalue weighted by Gasteiger charge is 2.16. The molecule has 0 bridgehead atoms. The summed E-state index contributed by atoms with van der Waals surface area (Å²) in [4.78, 5) is 14.6. The fourth-order valence-electron chi connectivity index (χ4n) is 1.19. The van der Waals surface area contributed by atoms with Crippen molar-refractivity contribution in [1.82, 2.24) is 14.6 Å². The zero-order chi connectivity index (χ0) is 10.3. The van der Waals surface area contributed by atoms with Crippen LogP contribution in [0.5, 0.6) is 0 Å². The van der Waals surface area contributed by atoms with Gasteiger partial charge in [-0.3, -0.25) is 0 Å². The van der Waals surface area contributed by atoms with Crippen LogP contribution in [0, 0.1) is 0 Å². The van der Waals surface area contributed by atoms with Gasteiger partial charge in [-0.25, -0.2) is 14.3 Å². The van der Waals surface area contributed by atoms with Gasteiger partial charge in [-0.05, 0) is 22.0 Å². The number of carboxylic acids is 1. The molecule has 0 unspecified atom stereocenters. The summed E-state index contributed by atoms with van der Waals surface area (Å²) in [6.07, 6.45) is 1.26. The SMILES string of the molecule is Nc1ncnn2c(Br)cc(C(=O)O)c12. The van der Waals surface area contributed by atoms with Gasteiger partial charge >= 0.3 is 5.97 Å². The molecule has 0 spiro atoms. The lowest BCUT2D eigenvalue weighted by atomic mass is 10.3. The summed E-state index contributed by atoms with van der Waals surface area (Å²) in [5, 5.41) is 12.7. The number of aromatic carboxylic acids is 1. The third kappa shape index (κ3) is 1.13. The highest BCUT2D eigenvalue weighted by Crippen LogP contribution is 2.23. The van der Waals surface area contributed by atoms with Crippen molar-refractivity contribution in [1.29, 1.82) is 0 Å². The summed E-state index contributed by atoms with van der Waals surface area (Å²) in [6, 6.07) is 1.43. The van der Waals surface area contributed by atoms with Gasteiger partial charge < -0.3 is 10.8 Å². The van der Waals surface area contributed by atoms with Gasteiger partial charge in [-0.1, -0.05) is 0 Å². The lowest BCUT2D eigenvalue weighted by Crippen LogP contribution is -2.02. The van der Waals surface area contributed by atoms with Crippen LogP contribution in [0.3, 0.4) is 0 Å². The standard InChI is InChI=1S/C7H5BrN4O2/c8-4-1-3(7(13)14)5-6(9)10-2-11-12(4)5/h1-2H,(H,13,14)(H2,9,10,11). The number of carboxylic acid groups (broad SMARTS) is 1. The van der Waals surface area contributed by atoms with Gasteiger partial charge in [0, 0.05) is 0 Å². The molecule has 2 aromatic heterocycles. The number of rotatable bonds is 1. The molecule has 2 heterocycles. The molecule has 6 nitrogen and oxygen atoms in total. The molecule has 3 N–H and O–H groups in total. The minimum Gasteiger partial charge on any atom is -0.478 e. The molecule has 0 saturated carbocycles.